The highest BCUT2D eigenvalue weighted by Crippen LogP contribution is 2.42. The number of hydrogen-bond donors (Lipinski definition) is 1. The lowest BCUT2D eigenvalue weighted by molar-refractivity contribution is 0.177. The second kappa shape index (κ2) is 5.89. The first-order valence-corrected chi connectivity index (χ1v) is 7.52. The molecule has 2 rings (SSSR count). The Hall–Kier alpha value is -0.810. The summed E-state index contributed by atoms with van der Waals surface area (Å²) in [6, 6.07) is 1.99. The van der Waals surface area contributed by atoms with Crippen molar-refractivity contribution < 1.29 is 4.74 Å². The normalized spacial score (nSPS) is 17.3. The van der Waals surface area contributed by atoms with Crippen LogP contribution in [0.25, 0.3) is 0 Å². The fraction of sp³-hybridized carbons (Fsp3) is 0.692. The molecular weight excluding hydrogens is 246 g/mol. The summed E-state index contributed by atoms with van der Waals surface area (Å²) in [4.78, 5) is 8.80. The third-order valence-electron chi connectivity index (χ3n) is 3.46. The van der Waals surface area contributed by atoms with Crippen LogP contribution in [-0.4, -0.2) is 34.6 Å². The molecule has 1 aromatic rings. The van der Waals surface area contributed by atoms with E-state index in [0.717, 1.165) is 23.9 Å². The van der Waals surface area contributed by atoms with Crippen molar-refractivity contribution in [3.63, 3.8) is 0 Å². The molecule has 0 radical (unpaired) electrons. The Morgan fingerprint density at radius 2 is 2.22 bits per heavy atom. The molecule has 18 heavy (non-hydrogen) atoms. The predicted octanol–water partition coefficient (Wildman–Crippen LogP) is 2.63. The number of ether oxygens (including phenoxy) is 1. The van der Waals surface area contributed by atoms with Crippen molar-refractivity contribution in [2.45, 2.75) is 37.5 Å². The average molecular weight is 267 g/mol. The molecule has 4 nitrogen and oxygen atoms in total. The summed E-state index contributed by atoms with van der Waals surface area (Å²) in [7, 11) is 1.66. The van der Waals surface area contributed by atoms with Crippen molar-refractivity contribution >= 4 is 17.6 Å². The maximum atomic E-state index is 5.08. The lowest BCUT2D eigenvalue weighted by atomic mass is 9.84. The summed E-state index contributed by atoms with van der Waals surface area (Å²) in [6.45, 7) is 3.43. The number of nitrogens with one attached hydrogen (secondary N) is 1. The number of methoxy groups -OCH3 is 1. The first-order valence-electron chi connectivity index (χ1n) is 6.30. The monoisotopic (exact) mass is 267 g/mol. The van der Waals surface area contributed by atoms with Gasteiger partial charge in [0.15, 0.2) is 5.82 Å². The van der Waals surface area contributed by atoms with Gasteiger partial charge in [0, 0.05) is 30.2 Å². The molecule has 0 unspecified atom stereocenters. The molecule has 1 fully saturated rings. The van der Waals surface area contributed by atoms with Crippen molar-refractivity contribution in [3.8, 4) is 0 Å². The molecule has 1 aromatic heterocycles. The molecular formula is C13H21N3OS. The summed E-state index contributed by atoms with van der Waals surface area (Å²) < 4.78 is 5.50. The first-order chi connectivity index (χ1) is 8.67. The van der Waals surface area contributed by atoms with E-state index < -0.39 is 0 Å². The Balaban J connectivity index is 2.00. The second-order valence-corrected chi connectivity index (χ2v) is 6.11. The maximum absolute atomic E-state index is 5.08. The molecule has 0 aromatic carbocycles. The Bertz CT molecular complexity index is 402. The van der Waals surface area contributed by atoms with Gasteiger partial charge in [0.2, 0.25) is 0 Å². The summed E-state index contributed by atoms with van der Waals surface area (Å²) in [5, 5.41) is 3.45. The van der Waals surface area contributed by atoms with Crippen LogP contribution in [0.3, 0.4) is 0 Å². The first kappa shape index (κ1) is 13.6. The van der Waals surface area contributed by atoms with Crippen LogP contribution in [0.4, 0.5) is 5.82 Å². The fourth-order valence-electron chi connectivity index (χ4n) is 2.19. The van der Waals surface area contributed by atoms with Crippen molar-refractivity contribution in [2.75, 3.05) is 25.2 Å². The van der Waals surface area contributed by atoms with Crippen LogP contribution in [0, 0.1) is 6.92 Å². The van der Waals surface area contributed by atoms with E-state index in [9.17, 15) is 0 Å². The number of aryl methyl sites for hydroxylation is 1. The molecule has 0 bridgehead atoms. The van der Waals surface area contributed by atoms with Gasteiger partial charge < -0.3 is 10.1 Å². The molecule has 1 N–H and O–H groups in total. The molecule has 0 saturated heterocycles. The van der Waals surface area contributed by atoms with E-state index in [-0.39, 0.29) is 0 Å². The molecule has 0 atom stereocenters. The van der Waals surface area contributed by atoms with Gasteiger partial charge in [-0.15, -0.1) is 0 Å². The smallest absolute Gasteiger partial charge is 0.156 e. The zero-order valence-corrected chi connectivity index (χ0v) is 12.1. The Labute approximate surface area is 113 Å². The van der Waals surface area contributed by atoms with Crippen molar-refractivity contribution in [1.29, 1.82) is 0 Å². The van der Waals surface area contributed by atoms with E-state index in [1.807, 2.05) is 24.8 Å². The number of aromatic nitrogens is 2. The van der Waals surface area contributed by atoms with Gasteiger partial charge in [-0.3, -0.25) is 0 Å². The molecule has 5 heteroatoms. The summed E-state index contributed by atoms with van der Waals surface area (Å²) in [5.41, 5.74) is 0.978. The van der Waals surface area contributed by atoms with Crippen molar-refractivity contribution in [1.82, 2.24) is 9.97 Å². The van der Waals surface area contributed by atoms with E-state index in [4.69, 9.17) is 4.74 Å². The van der Waals surface area contributed by atoms with Crippen LogP contribution in [0.5, 0.6) is 0 Å². The van der Waals surface area contributed by atoms with Crippen LogP contribution in [0.2, 0.25) is 0 Å². The molecule has 100 valence electrons. The lowest BCUT2D eigenvalue weighted by Gasteiger charge is -2.40. The van der Waals surface area contributed by atoms with Crippen molar-refractivity contribution in [3.05, 3.63) is 17.6 Å². The van der Waals surface area contributed by atoms with E-state index in [0.29, 0.717) is 11.4 Å². The molecule has 0 spiro atoms. The van der Waals surface area contributed by atoms with Crippen LogP contribution in [0.15, 0.2) is 6.07 Å². The highest BCUT2D eigenvalue weighted by Gasteiger charge is 2.35. The van der Waals surface area contributed by atoms with Gasteiger partial charge in [0.05, 0.1) is 0 Å². The summed E-state index contributed by atoms with van der Waals surface area (Å²) >= 11 is 1.97. The minimum atomic E-state index is 0.417. The molecule has 1 aliphatic carbocycles. The summed E-state index contributed by atoms with van der Waals surface area (Å²) in [6.07, 6.45) is 6.15. The topological polar surface area (TPSA) is 47.0 Å². The highest BCUT2D eigenvalue weighted by molar-refractivity contribution is 8.00. The average Bonchev–Trinajstić information content (AvgIpc) is 2.28. The van der Waals surface area contributed by atoms with E-state index >= 15 is 0 Å². The third kappa shape index (κ3) is 3.14. The minimum Gasteiger partial charge on any atom is -0.377 e. The van der Waals surface area contributed by atoms with Gasteiger partial charge in [0.25, 0.3) is 0 Å². The van der Waals surface area contributed by atoms with Crippen LogP contribution in [0.1, 0.15) is 30.8 Å². The second-order valence-electron chi connectivity index (χ2n) is 4.84. The number of hydrogen-bond acceptors (Lipinski definition) is 5. The molecule has 0 aliphatic heterocycles. The molecule has 0 amide bonds. The molecule has 1 heterocycles. The van der Waals surface area contributed by atoms with Gasteiger partial charge in [-0.1, -0.05) is 6.42 Å². The Morgan fingerprint density at radius 1 is 1.44 bits per heavy atom. The third-order valence-corrected chi connectivity index (χ3v) is 4.88. The van der Waals surface area contributed by atoms with Gasteiger partial charge >= 0.3 is 0 Å². The van der Waals surface area contributed by atoms with E-state index in [1.165, 1.54) is 19.3 Å². The summed E-state index contributed by atoms with van der Waals surface area (Å²) in [5.74, 6) is 1.65. The zero-order valence-electron chi connectivity index (χ0n) is 11.3. The minimum absolute atomic E-state index is 0.417. The van der Waals surface area contributed by atoms with Crippen LogP contribution >= 0.6 is 11.8 Å². The van der Waals surface area contributed by atoms with Gasteiger partial charge in [0.1, 0.15) is 12.4 Å². The Morgan fingerprint density at radius 3 is 2.78 bits per heavy atom. The van der Waals surface area contributed by atoms with Gasteiger partial charge in [-0.05, 0) is 26.0 Å². The van der Waals surface area contributed by atoms with E-state index in [2.05, 4.69) is 21.5 Å². The highest BCUT2D eigenvalue weighted by atomic mass is 32.2. The number of rotatable bonds is 6. The van der Waals surface area contributed by atoms with Crippen LogP contribution in [-0.2, 0) is 11.3 Å². The lowest BCUT2D eigenvalue weighted by Crippen LogP contribution is -2.40. The molecule has 1 saturated carbocycles. The predicted molar refractivity (Wildman–Crippen MR) is 76.1 cm³/mol. The quantitative estimate of drug-likeness (QED) is 0.858. The number of thioether (sulfide) groups is 1. The van der Waals surface area contributed by atoms with E-state index in [1.54, 1.807) is 7.11 Å². The Kier molecular flexibility index (Phi) is 4.45. The fourth-order valence-corrected chi connectivity index (χ4v) is 3.10. The SMILES string of the molecule is COCc1nc(C)cc(NCC2(SC)CCC2)n1. The largest absolute Gasteiger partial charge is 0.377 e. The van der Waals surface area contributed by atoms with Gasteiger partial charge in [-0.2, -0.15) is 11.8 Å². The van der Waals surface area contributed by atoms with Crippen molar-refractivity contribution in [2.24, 2.45) is 0 Å². The standard InChI is InChI=1S/C13H21N3OS/c1-10-7-11(16-12(15-10)8-17-2)14-9-13(18-3)5-4-6-13/h7H,4-6,8-9H2,1-3H3,(H,14,15,16). The van der Waals surface area contributed by atoms with Gasteiger partial charge in [-0.25, -0.2) is 9.97 Å². The van der Waals surface area contributed by atoms with Crippen LogP contribution < -0.4 is 5.32 Å². The number of anilines is 1. The zero-order chi connectivity index (χ0) is 13.0. The molecule has 1 aliphatic rings. The maximum Gasteiger partial charge on any atom is 0.156 e. The number of nitrogens with zero attached hydrogens (tertiary/aromatic N) is 2.